The van der Waals surface area contributed by atoms with Crippen LogP contribution in [0.2, 0.25) is 0 Å². The summed E-state index contributed by atoms with van der Waals surface area (Å²) in [4.78, 5) is 48.1. The van der Waals surface area contributed by atoms with Gasteiger partial charge >= 0.3 is 5.97 Å². The SMILES string of the molecule is CCCCC[C@@H](O)/C=C/[C@H]1[C@H](O)CC(=O)[C@@H]1CC(=O)CCCCC(=O)N[C@@H](CC(C)C)C(=O)O. The van der Waals surface area contributed by atoms with E-state index in [4.69, 9.17) is 0 Å². The zero-order chi connectivity index (χ0) is 25.7. The summed E-state index contributed by atoms with van der Waals surface area (Å²) in [5, 5.41) is 32.1. The van der Waals surface area contributed by atoms with Crippen LogP contribution in [0.4, 0.5) is 0 Å². The minimum absolute atomic E-state index is 0.0141. The van der Waals surface area contributed by atoms with Crippen LogP contribution < -0.4 is 5.32 Å². The molecule has 1 rings (SSSR count). The summed E-state index contributed by atoms with van der Waals surface area (Å²) in [5.74, 6) is -2.57. The third-order valence-corrected chi connectivity index (χ3v) is 6.29. The van der Waals surface area contributed by atoms with Crippen molar-refractivity contribution in [3.05, 3.63) is 12.2 Å². The number of carboxylic acids is 1. The molecule has 1 aliphatic rings. The molecule has 1 saturated carbocycles. The zero-order valence-corrected chi connectivity index (χ0v) is 20.9. The second kappa shape index (κ2) is 15.8. The molecule has 34 heavy (non-hydrogen) atoms. The number of hydrogen-bond donors (Lipinski definition) is 4. The van der Waals surface area contributed by atoms with Gasteiger partial charge in [-0.25, -0.2) is 4.79 Å². The third-order valence-electron chi connectivity index (χ3n) is 6.29. The minimum atomic E-state index is -1.06. The number of carbonyl (C=O) groups excluding carboxylic acids is 3. The van der Waals surface area contributed by atoms with Crippen LogP contribution in [0.15, 0.2) is 12.2 Å². The van der Waals surface area contributed by atoms with E-state index >= 15 is 0 Å². The van der Waals surface area contributed by atoms with Crippen LogP contribution in [0.3, 0.4) is 0 Å². The van der Waals surface area contributed by atoms with Crippen LogP contribution in [0.25, 0.3) is 0 Å². The van der Waals surface area contributed by atoms with E-state index in [1.807, 2.05) is 13.8 Å². The summed E-state index contributed by atoms with van der Waals surface area (Å²) in [7, 11) is 0. The molecule has 1 aliphatic carbocycles. The first-order valence-electron chi connectivity index (χ1n) is 12.7. The maximum atomic E-state index is 12.5. The Hall–Kier alpha value is -2.06. The molecule has 0 aromatic heterocycles. The zero-order valence-electron chi connectivity index (χ0n) is 20.9. The molecule has 0 heterocycles. The topological polar surface area (TPSA) is 141 Å². The van der Waals surface area contributed by atoms with E-state index in [0.717, 1.165) is 19.3 Å². The lowest BCUT2D eigenvalue weighted by atomic mass is 9.88. The van der Waals surface area contributed by atoms with E-state index in [0.29, 0.717) is 25.7 Å². The summed E-state index contributed by atoms with van der Waals surface area (Å²) in [6.45, 7) is 5.86. The van der Waals surface area contributed by atoms with Crippen molar-refractivity contribution in [1.29, 1.82) is 0 Å². The second-order valence-electron chi connectivity index (χ2n) is 9.91. The Morgan fingerprint density at radius 1 is 1.12 bits per heavy atom. The van der Waals surface area contributed by atoms with Gasteiger partial charge in [0.25, 0.3) is 0 Å². The number of aliphatic hydroxyl groups is 2. The molecule has 0 aromatic carbocycles. The Morgan fingerprint density at radius 2 is 1.79 bits per heavy atom. The first-order chi connectivity index (χ1) is 16.0. The van der Waals surface area contributed by atoms with E-state index in [1.165, 1.54) is 0 Å². The van der Waals surface area contributed by atoms with E-state index in [-0.39, 0.29) is 49.1 Å². The summed E-state index contributed by atoms with van der Waals surface area (Å²) in [5.41, 5.74) is 0. The first kappa shape index (κ1) is 30.0. The maximum Gasteiger partial charge on any atom is 0.326 e. The monoisotopic (exact) mass is 481 g/mol. The Bertz CT molecular complexity index is 703. The highest BCUT2D eigenvalue weighted by atomic mass is 16.4. The molecule has 0 aliphatic heterocycles. The van der Waals surface area contributed by atoms with E-state index in [1.54, 1.807) is 12.2 Å². The number of Topliss-reactive ketones (excluding diaryl/α,β-unsaturated/α-hetero) is 2. The fourth-order valence-electron chi connectivity index (χ4n) is 4.36. The molecular weight excluding hydrogens is 438 g/mol. The van der Waals surface area contributed by atoms with E-state index in [9.17, 15) is 34.5 Å². The second-order valence-corrected chi connectivity index (χ2v) is 9.91. The lowest BCUT2D eigenvalue weighted by molar-refractivity contribution is -0.142. The number of ketones is 2. The van der Waals surface area contributed by atoms with Gasteiger partial charge in [-0.2, -0.15) is 0 Å². The number of amides is 1. The van der Waals surface area contributed by atoms with Gasteiger partial charge in [-0.1, -0.05) is 52.2 Å². The van der Waals surface area contributed by atoms with Gasteiger partial charge in [-0.15, -0.1) is 0 Å². The van der Waals surface area contributed by atoms with Gasteiger partial charge in [0, 0.05) is 37.5 Å². The molecule has 4 N–H and O–H groups in total. The fraction of sp³-hybridized carbons (Fsp3) is 0.769. The number of carboxylic acid groups (broad SMARTS) is 1. The van der Waals surface area contributed by atoms with Gasteiger partial charge in [0.05, 0.1) is 12.2 Å². The van der Waals surface area contributed by atoms with Crippen molar-refractivity contribution in [3.8, 4) is 0 Å². The quantitative estimate of drug-likeness (QED) is 0.185. The predicted molar refractivity (Wildman–Crippen MR) is 129 cm³/mol. The molecule has 5 atom stereocenters. The summed E-state index contributed by atoms with van der Waals surface area (Å²) < 4.78 is 0. The number of nitrogens with one attached hydrogen (secondary N) is 1. The molecule has 0 radical (unpaired) electrons. The number of carbonyl (C=O) groups is 4. The van der Waals surface area contributed by atoms with Crippen molar-refractivity contribution in [3.63, 3.8) is 0 Å². The predicted octanol–water partition coefficient (Wildman–Crippen LogP) is 3.19. The average molecular weight is 482 g/mol. The Labute approximate surface area is 203 Å². The molecule has 0 saturated heterocycles. The highest BCUT2D eigenvalue weighted by molar-refractivity contribution is 5.90. The van der Waals surface area contributed by atoms with Crippen molar-refractivity contribution in [2.24, 2.45) is 17.8 Å². The lowest BCUT2D eigenvalue weighted by Gasteiger charge is -2.18. The van der Waals surface area contributed by atoms with Crippen molar-refractivity contribution < 1.29 is 34.5 Å². The highest BCUT2D eigenvalue weighted by Crippen LogP contribution is 2.33. The minimum Gasteiger partial charge on any atom is -0.480 e. The number of aliphatic carboxylic acids is 1. The summed E-state index contributed by atoms with van der Waals surface area (Å²) >= 11 is 0. The van der Waals surface area contributed by atoms with Gasteiger partial charge in [-0.05, 0) is 31.6 Å². The van der Waals surface area contributed by atoms with E-state index in [2.05, 4.69) is 12.2 Å². The van der Waals surface area contributed by atoms with Crippen LogP contribution in [-0.2, 0) is 19.2 Å². The fourth-order valence-corrected chi connectivity index (χ4v) is 4.36. The van der Waals surface area contributed by atoms with Crippen LogP contribution in [0.1, 0.15) is 91.4 Å². The van der Waals surface area contributed by atoms with Crippen LogP contribution in [-0.4, -0.2) is 57.0 Å². The average Bonchev–Trinajstić information content (AvgIpc) is 3.01. The van der Waals surface area contributed by atoms with Crippen molar-refractivity contribution in [2.75, 3.05) is 0 Å². The first-order valence-corrected chi connectivity index (χ1v) is 12.7. The largest absolute Gasteiger partial charge is 0.480 e. The molecule has 8 heteroatoms. The molecule has 0 unspecified atom stereocenters. The van der Waals surface area contributed by atoms with Crippen LogP contribution in [0.5, 0.6) is 0 Å². The van der Waals surface area contributed by atoms with Crippen molar-refractivity contribution >= 4 is 23.4 Å². The van der Waals surface area contributed by atoms with E-state index < -0.39 is 36.1 Å². The standard InChI is InChI=1S/C26H43NO7/c1-4-5-6-9-18(28)12-13-20-21(24(31)16-23(20)30)15-19(29)10-7-8-11-25(32)27-22(26(33)34)14-17(2)3/h12-13,17-18,20-23,28,30H,4-11,14-16H2,1-3H3,(H,27,32)(H,33,34)/b13-12+/t18-,20-,21-,22+,23-/m1/s1. The number of hydrogen-bond acceptors (Lipinski definition) is 6. The van der Waals surface area contributed by atoms with Crippen molar-refractivity contribution in [2.45, 2.75) is 110 Å². The number of rotatable bonds is 17. The number of unbranched alkanes of at least 4 members (excludes halogenated alkanes) is 3. The molecule has 8 nitrogen and oxygen atoms in total. The maximum absolute atomic E-state index is 12.5. The summed E-state index contributed by atoms with van der Waals surface area (Å²) in [6, 6.07) is -0.913. The molecule has 1 amide bonds. The molecule has 194 valence electrons. The van der Waals surface area contributed by atoms with Gasteiger partial charge < -0.3 is 20.6 Å². The van der Waals surface area contributed by atoms with Gasteiger partial charge in [0.15, 0.2) is 0 Å². The van der Waals surface area contributed by atoms with Gasteiger partial charge in [0.1, 0.15) is 17.6 Å². The van der Waals surface area contributed by atoms with Crippen LogP contribution in [0, 0.1) is 17.8 Å². The molecule has 0 spiro atoms. The normalized spacial score (nSPS) is 22.3. The Balaban J connectivity index is 2.45. The van der Waals surface area contributed by atoms with Gasteiger partial charge in [0.2, 0.25) is 5.91 Å². The summed E-state index contributed by atoms with van der Waals surface area (Å²) in [6.07, 6.45) is 7.14. The Morgan fingerprint density at radius 3 is 2.41 bits per heavy atom. The highest BCUT2D eigenvalue weighted by Gasteiger charge is 2.40. The number of aliphatic hydroxyl groups excluding tert-OH is 2. The Kier molecular flexibility index (Phi) is 13.9. The van der Waals surface area contributed by atoms with Gasteiger partial charge in [-0.3, -0.25) is 14.4 Å². The molecule has 1 fully saturated rings. The molecular formula is C26H43NO7. The molecule has 0 bridgehead atoms. The lowest BCUT2D eigenvalue weighted by Crippen LogP contribution is -2.41. The van der Waals surface area contributed by atoms with Crippen LogP contribution >= 0.6 is 0 Å². The molecule has 0 aromatic rings. The van der Waals surface area contributed by atoms with Crippen molar-refractivity contribution in [1.82, 2.24) is 5.32 Å². The smallest absolute Gasteiger partial charge is 0.326 e. The third kappa shape index (κ3) is 11.4.